The Hall–Kier alpha value is -2.87. The zero-order chi connectivity index (χ0) is 19.2. The van der Waals surface area contributed by atoms with Gasteiger partial charge in [0.2, 0.25) is 0 Å². The first kappa shape index (κ1) is 18.9. The first-order valence-electron chi connectivity index (χ1n) is 9.13. The standard InChI is InChI=1S/C19H26N6O2/c1-21-11-16-17-13-8-7-12(23-19(26)27-2)10-15(13)22-9-5-3-4-6-14(20)18(24-16)25-17/h7-8,10-11,14,22H,3-6,9,20H2,1-2H3,(H,23,26)(H,24,25)/t14-/m0/s1. The van der Waals surface area contributed by atoms with Crippen molar-refractivity contribution in [2.24, 2.45) is 10.7 Å². The maximum absolute atomic E-state index is 11.5. The number of hydrogen-bond donors (Lipinski definition) is 4. The number of benzene rings is 1. The number of nitrogens with two attached hydrogens (primary N) is 1. The predicted octanol–water partition coefficient (Wildman–Crippen LogP) is 3.29. The number of nitrogens with one attached hydrogen (secondary N) is 3. The monoisotopic (exact) mass is 370 g/mol. The van der Waals surface area contributed by atoms with Crippen LogP contribution in [0.15, 0.2) is 23.2 Å². The van der Waals surface area contributed by atoms with E-state index in [2.05, 4.69) is 25.3 Å². The van der Waals surface area contributed by atoms with E-state index < -0.39 is 6.09 Å². The number of nitrogens with zero attached hydrogens (tertiary/aromatic N) is 2. The minimum Gasteiger partial charge on any atom is -0.453 e. The third-order valence-corrected chi connectivity index (χ3v) is 4.57. The molecule has 2 aromatic rings. The molecule has 0 radical (unpaired) electrons. The zero-order valence-corrected chi connectivity index (χ0v) is 15.7. The average molecular weight is 370 g/mol. The highest BCUT2D eigenvalue weighted by Crippen LogP contribution is 2.33. The highest BCUT2D eigenvalue weighted by atomic mass is 16.5. The van der Waals surface area contributed by atoms with Gasteiger partial charge in [0.25, 0.3) is 0 Å². The summed E-state index contributed by atoms with van der Waals surface area (Å²) in [5.41, 5.74) is 10.4. The Balaban J connectivity index is 2.07. The molecule has 1 aromatic heterocycles. The minimum absolute atomic E-state index is 0.126. The summed E-state index contributed by atoms with van der Waals surface area (Å²) in [6, 6.07) is 5.51. The molecule has 27 heavy (non-hydrogen) atoms. The molecule has 3 rings (SSSR count). The van der Waals surface area contributed by atoms with Crippen molar-refractivity contribution in [2.45, 2.75) is 31.7 Å². The number of ether oxygens (including phenoxy) is 1. The number of H-pyrrole nitrogens is 1. The van der Waals surface area contributed by atoms with Gasteiger partial charge in [-0.25, -0.2) is 9.78 Å². The highest BCUT2D eigenvalue weighted by molar-refractivity contribution is 5.92. The molecule has 0 aliphatic carbocycles. The third-order valence-electron chi connectivity index (χ3n) is 4.57. The first-order valence-corrected chi connectivity index (χ1v) is 9.13. The molecule has 2 heterocycles. The van der Waals surface area contributed by atoms with E-state index in [4.69, 9.17) is 10.7 Å². The summed E-state index contributed by atoms with van der Waals surface area (Å²) in [7, 11) is 3.06. The van der Waals surface area contributed by atoms with Crippen LogP contribution in [0, 0.1) is 0 Å². The van der Waals surface area contributed by atoms with Crippen molar-refractivity contribution in [3.8, 4) is 11.3 Å². The van der Waals surface area contributed by atoms with E-state index in [0.29, 0.717) is 5.69 Å². The Bertz CT molecular complexity index is 830. The largest absolute Gasteiger partial charge is 0.453 e. The van der Waals surface area contributed by atoms with E-state index >= 15 is 0 Å². The number of anilines is 2. The molecule has 1 amide bonds. The van der Waals surface area contributed by atoms with Crippen LogP contribution in [0.25, 0.3) is 11.3 Å². The molecular weight excluding hydrogens is 344 g/mol. The molecule has 0 unspecified atom stereocenters. The summed E-state index contributed by atoms with van der Waals surface area (Å²) in [5.74, 6) is 0.767. The van der Waals surface area contributed by atoms with Crippen LogP contribution in [0.4, 0.5) is 16.2 Å². The van der Waals surface area contributed by atoms with Gasteiger partial charge in [0.05, 0.1) is 24.5 Å². The molecule has 1 aromatic carbocycles. The lowest BCUT2D eigenvalue weighted by molar-refractivity contribution is 0.187. The molecule has 0 fully saturated rings. The number of carbonyl (C=O) groups is 1. The van der Waals surface area contributed by atoms with Gasteiger partial charge >= 0.3 is 6.09 Å². The van der Waals surface area contributed by atoms with Gasteiger partial charge in [-0.15, -0.1) is 0 Å². The lowest BCUT2D eigenvalue weighted by atomic mass is 10.1. The predicted molar refractivity (Wildman–Crippen MR) is 107 cm³/mol. The molecular formula is C19H26N6O2. The van der Waals surface area contributed by atoms with Gasteiger partial charge in [-0.05, 0) is 31.0 Å². The Kier molecular flexibility index (Phi) is 6.08. The molecule has 1 atom stereocenters. The molecule has 8 nitrogen and oxygen atoms in total. The number of fused-ring (bicyclic) bond motifs is 4. The van der Waals surface area contributed by atoms with Crippen LogP contribution in [-0.2, 0) is 4.74 Å². The second-order valence-corrected chi connectivity index (χ2v) is 6.53. The molecule has 1 aliphatic rings. The van der Waals surface area contributed by atoms with Crippen LogP contribution in [0.3, 0.4) is 0 Å². The molecule has 1 aliphatic heterocycles. The van der Waals surface area contributed by atoms with Crippen LogP contribution in [0.2, 0.25) is 0 Å². The Morgan fingerprint density at radius 1 is 1.41 bits per heavy atom. The Morgan fingerprint density at radius 3 is 3.04 bits per heavy atom. The number of aromatic amines is 1. The maximum Gasteiger partial charge on any atom is 0.411 e. The second-order valence-electron chi connectivity index (χ2n) is 6.53. The van der Waals surface area contributed by atoms with Crippen molar-refractivity contribution >= 4 is 23.7 Å². The molecule has 0 saturated carbocycles. The molecule has 8 heteroatoms. The Morgan fingerprint density at radius 2 is 2.26 bits per heavy atom. The summed E-state index contributed by atoms with van der Waals surface area (Å²) in [6.07, 6.45) is 5.32. The van der Waals surface area contributed by atoms with Crippen molar-refractivity contribution in [3.05, 3.63) is 29.7 Å². The van der Waals surface area contributed by atoms with Crippen LogP contribution in [0.1, 0.15) is 43.2 Å². The van der Waals surface area contributed by atoms with Gasteiger partial charge in [-0.3, -0.25) is 10.3 Å². The topological polar surface area (TPSA) is 117 Å². The fourth-order valence-electron chi connectivity index (χ4n) is 3.18. The van der Waals surface area contributed by atoms with Gasteiger partial charge in [0, 0.05) is 36.7 Å². The minimum atomic E-state index is -0.505. The molecule has 2 bridgehead atoms. The fraction of sp³-hybridized carbons (Fsp3) is 0.421. The lowest BCUT2D eigenvalue weighted by Gasteiger charge is -2.15. The van der Waals surface area contributed by atoms with Gasteiger partial charge in [-0.1, -0.05) is 12.8 Å². The van der Waals surface area contributed by atoms with Crippen LogP contribution >= 0.6 is 0 Å². The molecule has 5 N–H and O–H groups in total. The van der Waals surface area contributed by atoms with E-state index in [1.807, 2.05) is 18.2 Å². The average Bonchev–Trinajstić information content (AvgIpc) is 3.08. The van der Waals surface area contributed by atoms with Crippen LogP contribution < -0.4 is 16.4 Å². The summed E-state index contributed by atoms with van der Waals surface area (Å²) in [4.78, 5) is 23.7. The molecule has 0 saturated heterocycles. The number of hydrogen-bond acceptors (Lipinski definition) is 6. The smallest absolute Gasteiger partial charge is 0.411 e. The SMILES string of the molecule is CN=Cc1[nH]c2nc1-c1ccc(NC(=O)OC)cc1NCCCCC[C@@H]2N. The number of amides is 1. The lowest BCUT2D eigenvalue weighted by Crippen LogP contribution is -2.13. The molecule has 0 spiro atoms. The maximum atomic E-state index is 11.5. The quantitative estimate of drug-likeness (QED) is 0.605. The summed E-state index contributed by atoms with van der Waals surface area (Å²) < 4.78 is 4.68. The number of carbonyl (C=O) groups excluding carboxylic acids is 1. The van der Waals surface area contributed by atoms with Crippen LogP contribution in [0.5, 0.6) is 0 Å². The van der Waals surface area contributed by atoms with E-state index in [-0.39, 0.29) is 6.04 Å². The zero-order valence-electron chi connectivity index (χ0n) is 15.7. The van der Waals surface area contributed by atoms with Gasteiger partial charge in [0.1, 0.15) is 5.82 Å². The second kappa shape index (κ2) is 8.68. The van der Waals surface area contributed by atoms with Crippen molar-refractivity contribution in [3.63, 3.8) is 0 Å². The number of methoxy groups -OCH3 is 1. The van der Waals surface area contributed by atoms with Crippen molar-refractivity contribution < 1.29 is 9.53 Å². The summed E-state index contributed by atoms with van der Waals surface area (Å²) >= 11 is 0. The summed E-state index contributed by atoms with van der Waals surface area (Å²) in [5, 5.41) is 6.17. The normalized spacial score (nSPS) is 17.4. The van der Waals surface area contributed by atoms with Crippen molar-refractivity contribution in [2.75, 3.05) is 31.3 Å². The molecule has 144 valence electrons. The third kappa shape index (κ3) is 4.46. The van der Waals surface area contributed by atoms with Gasteiger partial charge < -0.3 is 20.8 Å². The van der Waals surface area contributed by atoms with Gasteiger partial charge in [-0.2, -0.15) is 0 Å². The Labute approximate surface area is 158 Å². The van der Waals surface area contributed by atoms with E-state index in [1.165, 1.54) is 7.11 Å². The van der Waals surface area contributed by atoms with Crippen LogP contribution in [-0.4, -0.2) is 43.0 Å². The number of aliphatic imine (C=N–C) groups is 1. The summed E-state index contributed by atoms with van der Waals surface area (Å²) in [6.45, 7) is 0.832. The van der Waals surface area contributed by atoms with E-state index in [1.54, 1.807) is 13.3 Å². The van der Waals surface area contributed by atoms with E-state index in [9.17, 15) is 4.79 Å². The van der Waals surface area contributed by atoms with Crippen molar-refractivity contribution in [1.29, 1.82) is 0 Å². The number of imidazole rings is 1. The number of aromatic nitrogens is 2. The van der Waals surface area contributed by atoms with Gasteiger partial charge in [0.15, 0.2) is 0 Å². The number of rotatable bonds is 2. The fourth-order valence-corrected chi connectivity index (χ4v) is 3.18. The highest BCUT2D eigenvalue weighted by Gasteiger charge is 2.19. The van der Waals surface area contributed by atoms with E-state index in [0.717, 1.165) is 60.7 Å². The van der Waals surface area contributed by atoms with Crippen molar-refractivity contribution in [1.82, 2.24) is 9.97 Å². The first-order chi connectivity index (χ1) is 13.1.